The first kappa shape index (κ1) is 14.0. The Morgan fingerprint density at radius 1 is 1.20 bits per heavy atom. The number of phenols is 1. The maximum atomic E-state index is 13.7. The van der Waals surface area contributed by atoms with E-state index in [0.717, 1.165) is 12.1 Å². The molecule has 0 aromatic heterocycles. The number of halogens is 2. The minimum absolute atomic E-state index is 0.0309. The minimum Gasteiger partial charge on any atom is -0.507 e. The van der Waals surface area contributed by atoms with Gasteiger partial charge in [0, 0.05) is 11.6 Å². The molecule has 0 aliphatic carbocycles. The average Bonchev–Trinajstić information content (AvgIpc) is 2.40. The molecule has 0 radical (unpaired) electrons. The normalized spacial score (nSPS) is 10.3. The van der Waals surface area contributed by atoms with Gasteiger partial charge in [0.05, 0.1) is 12.2 Å². The van der Waals surface area contributed by atoms with E-state index in [4.69, 9.17) is 5.73 Å². The molecule has 1 amide bonds. The Balaban J connectivity index is 2.48. The summed E-state index contributed by atoms with van der Waals surface area (Å²) >= 11 is 0. The molecule has 0 aliphatic rings. The first-order chi connectivity index (χ1) is 9.52. The third-order valence-corrected chi connectivity index (χ3v) is 2.75. The van der Waals surface area contributed by atoms with Crippen molar-refractivity contribution in [2.75, 3.05) is 6.67 Å². The highest BCUT2D eigenvalue weighted by atomic mass is 19.1. The molecule has 0 unspecified atom stereocenters. The van der Waals surface area contributed by atoms with Gasteiger partial charge in [-0.25, -0.2) is 8.78 Å². The van der Waals surface area contributed by atoms with Crippen LogP contribution in [0.5, 0.6) is 5.75 Å². The molecule has 0 spiro atoms. The number of hydrogen-bond donors (Lipinski definition) is 3. The molecule has 0 heterocycles. The van der Waals surface area contributed by atoms with Gasteiger partial charge >= 0.3 is 0 Å². The fourth-order valence-corrected chi connectivity index (χ4v) is 1.80. The molecule has 20 heavy (non-hydrogen) atoms. The maximum absolute atomic E-state index is 13.7. The molecule has 0 saturated carbocycles. The molecule has 4 nitrogen and oxygen atoms in total. The van der Waals surface area contributed by atoms with E-state index in [1.165, 1.54) is 24.3 Å². The maximum Gasteiger partial charge on any atom is 0.256 e. The van der Waals surface area contributed by atoms with E-state index in [-0.39, 0.29) is 23.5 Å². The Labute approximate surface area is 113 Å². The molecule has 2 rings (SSSR count). The van der Waals surface area contributed by atoms with Crippen molar-refractivity contribution in [1.29, 1.82) is 0 Å². The van der Waals surface area contributed by atoms with E-state index in [1.807, 2.05) is 0 Å². The zero-order valence-corrected chi connectivity index (χ0v) is 10.4. The molecule has 4 N–H and O–H groups in total. The second-order valence-electron chi connectivity index (χ2n) is 4.07. The lowest BCUT2D eigenvalue weighted by atomic mass is 10.0. The standard InChI is InChI=1S/C14H12F2N2O2/c15-9-2-3-10(12(16)6-9)8-1-4-13(19)11(5-8)14(20)18-7-17/h1-6,19H,7,17H2,(H,18,20). The molecule has 2 aromatic rings. The van der Waals surface area contributed by atoms with Crippen LogP contribution >= 0.6 is 0 Å². The van der Waals surface area contributed by atoms with Crippen LogP contribution in [0.3, 0.4) is 0 Å². The average molecular weight is 278 g/mol. The van der Waals surface area contributed by atoms with Crippen LogP contribution < -0.4 is 11.1 Å². The topological polar surface area (TPSA) is 75.3 Å². The summed E-state index contributed by atoms with van der Waals surface area (Å²) in [4.78, 5) is 11.7. The highest BCUT2D eigenvalue weighted by Crippen LogP contribution is 2.28. The lowest BCUT2D eigenvalue weighted by Gasteiger charge is -2.09. The summed E-state index contributed by atoms with van der Waals surface area (Å²) in [6.07, 6.45) is 0. The Bertz CT molecular complexity index is 660. The zero-order chi connectivity index (χ0) is 14.7. The zero-order valence-electron chi connectivity index (χ0n) is 10.4. The molecule has 0 saturated heterocycles. The van der Waals surface area contributed by atoms with Gasteiger partial charge in [0.1, 0.15) is 17.4 Å². The van der Waals surface area contributed by atoms with Gasteiger partial charge in [0.2, 0.25) is 0 Å². The van der Waals surface area contributed by atoms with E-state index in [0.29, 0.717) is 5.56 Å². The molecule has 0 bridgehead atoms. The second kappa shape index (κ2) is 5.66. The molecule has 0 aliphatic heterocycles. The molecular weight excluding hydrogens is 266 g/mol. The lowest BCUT2D eigenvalue weighted by molar-refractivity contribution is 0.0952. The van der Waals surface area contributed by atoms with Gasteiger partial charge in [-0.2, -0.15) is 0 Å². The number of rotatable bonds is 3. The second-order valence-corrected chi connectivity index (χ2v) is 4.07. The summed E-state index contributed by atoms with van der Waals surface area (Å²) in [6.45, 7) is -0.0899. The van der Waals surface area contributed by atoms with Gasteiger partial charge < -0.3 is 16.2 Å². The summed E-state index contributed by atoms with van der Waals surface area (Å²) in [5, 5.41) is 12.0. The Morgan fingerprint density at radius 3 is 2.60 bits per heavy atom. The van der Waals surface area contributed by atoms with Crippen LogP contribution in [0, 0.1) is 11.6 Å². The van der Waals surface area contributed by atoms with Crippen LogP contribution in [0.1, 0.15) is 10.4 Å². The summed E-state index contributed by atoms with van der Waals surface area (Å²) in [5.74, 6) is -2.26. The Kier molecular flexibility index (Phi) is 3.95. The van der Waals surface area contributed by atoms with Crippen molar-refractivity contribution in [1.82, 2.24) is 5.32 Å². The summed E-state index contributed by atoms with van der Waals surface area (Å²) in [6, 6.07) is 7.15. The molecular formula is C14H12F2N2O2. The molecule has 104 valence electrons. The van der Waals surface area contributed by atoms with E-state index in [1.54, 1.807) is 0 Å². The fourth-order valence-electron chi connectivity index (χ4n) is 1.80. The molecule has 0 fully saturated rings. The number of amides is 1. The van der Waals surface area contributed by atoms with Crippen LogP contribution in [0.25, 0.3) is 11.1 Å². The quantitative estimate of drug-likeness (QED) is 0.751. The van der Waals surface area contributed by atoms with Crippen molar-refractivity contribution in [2.24, 2.45) is 5.73 Å². The number of nitrogens with one attached hydrogen (secondary N) is 1. The van der Waals surface area contributed by atoms with Crippen LogP contribution in [-0.4, -0.2) is 17.7 Å². The number of nitrogens with two attached hydrogens (primary N) is 1. The number of phenolic OH excluding ortho intramolecular Hbond substituents is 1. The first-order valence-corrected chi connectivity index (χ1v) is 5.79. The number of benzene rings is 2. The highest BCUT2D eigenvalue weighted by molar-refractivity contribution is 5.98. The van der Waals surface area contributed by atoms with E-state index < -0.39 is 17.5 Å². The largest absolute Gasteiger partial charge is 0.507 e. The minimum atomic E-state index is -0.749. The first-order valence-electron chi connectivity index (χ1n) is 5.79. The lowest BCUT2D eigenvalue weighted by Crippen LogP contribution is -2.29. The molecule has 6 heteroatoms. The smallest absolute Gasteiger partial charge is 0.256 e. The Morgan fingerprint density at radius 2 is 1.95 bits per heavy atom. The summed E-state index contributed by atoms with van der Waals surface area (Å²) in [7, 11) is 0. The molecule has 0 atom stereocenters. The van der Waals surface area contributed by atoms with Crippen molar-refractivity contribution in [3.05, 3.63) is 53.6 Å². The summed E-state index contributed by atoms with van der Waals surface area (Å²) < 4.78 is 26.6. The van der Waals surface area contributed by atoms with Crippen LogP contribution in [-0.2, 0) is 0 Å². The SMILES string of the molecule is NCNC(=O)c1cc(-c2ccc(F)cc2F)ccc1O. The van der Waals surface area contributed by atoms with Crippen LogP contribution in [0.4, 0.5) is 8.78 Å². The number of carbonyl (C=O) groups excluding carboxylic acids is 1. The van der Waals surface area contributed by atoms with Crippen molar-refractivity contribution in [2.45, 2.75) is 0 Å². The van der Waals surface area contributed by atoms with Gasteiger partial charge in [-0.15, -0.1) is 0 Å². The van der Waals surface area contributed by atoms with Crippen LogP contribution in [0.2, 0.25) is 0 Å². The molecule has 2 aromatic carbocycles. The fraction of sp³-hybridized carbons (Fsp3) is 0.0714. The summed E-state index contributed by atoms with van der Waals surface area (Å²) in [5.41, 5.74) is 5.64. The number of carbonyl (C=O) groups is 1. The predicted octanol–water partition coefficient (Wildman–Crippen LogP) is 1.98. The third-order valence-electron chi connectivity index (χ3n) is 2.75. The van der Waals surface area contributed by atoms with E-state index in [2.05, 4.69) is 5.32 Å². The predicted molar refractivity (Wildman–Crippen MR) is 70.0 cm³/mol. The van der Waals surface area contributed by atoms with Crippen molar-refractivity contribution < 1.29 is 18.7 Å². The van der Waals surface area contributed by atoms with E-state index in [9.17, 15) is 18.7 Å². The van der Waals surface area contributed by atoms with Gasteiger partial charge in [-0.1, -0.05) is 6.07 Å². The highest BCUT2D eigenvalue weighted by Gasteiger charge is 2.13. The van der Waals surface area contributed by atoms with Crippen LogP contribution in [0.15, 0.2) is 36.4 Å². The number of aromatic hydroxyl groups is 1. The van der Waals surface area contributed by atoms with Gasteiger partial charge in [0.25, 0.3) is 5.91 Å². The van der Waals surface area contributed by atoms with Gasteiger partial charge in [-0.05, 0) is 29.8 Å². The number of hydrogen-bond acceptors (Lipinski definition) is 3. The van der Waals surface area contributed by atoms with Gasteiger partial charge in [0.15, 0.2) is 0 Å². The third kappa shape index (κ3) is 2.75. The Hall–Kier alpha value is -2.47. The van der Waals surface area contributed by atoms with E-state index >= 15 is 0 Å². The van der Waals surface area contributed by atoms with Gasteiger partial charge in [-0.3, -0.25) is 4.79 Å². The van der Waals surface area contributed by atoms with Crippen molar-refractivity contribution in [3.8, 4) is 16.9 Å². The monoisotopic (exact) mass is 278 g/mol. The van der Waals surface area contributed by atoms with Crippen molar-refractivity contribution >= 4 is 5.91 Å². The van der Waals surface area contributed by atoms with Crippen molar-refractivity contribution in [3.63, 3.8) is 0 Å².